The second-order valence-corrected chi connectivity index (χ2v) is 8.00. The van der Waals surface area contributed by atoms with E-state index in [0.29, 0.717) is 18.2 Å². The molecule has 0 amide bonds. The van der Waals surface area contributed by atoms with Crippen molar-refractivity contribution in [2.24, 2.45) is 0 Å². The minimum atomic E-state index is -0.479. The molecular formula is C25H24ClFN4O2. The third-order valence-corrected chi connectivity index (χ3v) is 5.54. The number of nitrogens with zero attached hydrogens (tertiary/aromatic N) is 3. The summed E-state index contributed by atoms with van der Waals surface area (Å²) in [5.74, 6) is 0.375. The van der Waals surface area contributed by atoms with Crippen molar-refractivity contribution in [2.45, 2.75) is 19.8 Å². The number of rotatable bonds is 7. The number of benzene rings is 2. The maximum Gasteiger partial charge on any atom is 0.330 e. The number of anilines is 3. The zero-order valence-corrected chi connectivity index (χ0v) is 19.0. The summed E-state index contributed by atoms with van der Waals surface area (Å²) in [6, 6.07) is 12.2. The van der Waals surface area contributed by atoms with Crippen molar-refractivity contribution in [3.63, 3.8) is 0 Å². The second-order valence-electron chi connectivity index (χ2n) is 7.59. The van der Waals surface area contributed by atoms with Crippen molar-refractivity contribution >= 4 is 41.1 Å². The lowest BCUT2D eigenvalue weighted by Gasteiger charge is -2.21. The van der Waals surface area contributed by atoms with Crippen molar-refractivity contribution < 1.29 is 13.9 Å². The summed E-state index contributed by atoms with van der Waals surface area (Å²) >= 11 is 5.90. The molecule has 0 atom stereocenters. The van der Waals surface area contributed by atoms with Crippen LogP contribution in [-0.4, -0.2) is 35.6 Å². The zero-order chi connectivity index (χ0) is 23.2. The van der Waals surface area contributed by atoms with Crippen LogP contribution in [0.5, 0.6) is 0 Å². The first-order valence-electron chi connectivity index (χ1n) is 10.8. The van der Waals surface area contributed by atoms with Crippen LogP contribution in [0.4, 0.5) is 21.8 Å². The van der Waals surface area contributed by atoms with E-state index < -0.39 is 5.82 Å². The van der Waals surface area contributed by atoms with E-state index in [0.717, 1.165) is 48.4 Å². The molecule has 2 heterocycles. The number of esters is 1. The Morgan fingerprint density at radius 3 is 2.82 bits per heavy atom. The predicted molar refractivity (Wildman–Crippen MR) is 129 cm³/mol. The van der Waals surface area contributed by atoms with Gasteiger partial charge in [-0.1, -0.05) is 29.8 Å². The molecule has 4 rings (SSSR count). The fraction of sp³-hybridized carbons (Fsp3) is 0.240. The fourth-order valence-corrected chi connectivity index (χ4v) is 3.85. The van der Waals surface area contributed by atoms with E-state index in [1.54, 1.807) is 25.3 Å². The van der Waals surface area contributed by atoms with Crippen LogP contribution in [0.25, 0.3) is 17.2 Å². The highest BCUT2D eigenvalue weighted by Crippen LogP contribution is 2.33. The Balaban J connectivity index is 1.66. The number of halogens is 2. The molecule has 1 N–H and O–H groups in total. The van der Waals surface area contributed by atoms with Crippen LogP contribution in [0.2, 0.25) is 5.02 Å². The van der Waals surface area contributed by atoms with Crippen LogP contribution < -0.4 is 10.2 Å². The van der Waals surface area contributed by atoms with E-state index in [2.05, 4.69) is 15.2 Å². The first-order chi connectivity index (χ1) is 16.0. The minimum Gasteiger partial charge on any atom is -0.463 e. The van der Waals surface area contributed by atoms with Crippen molar-refractivity contribution in [3.8, 4) is 11.1 Å². The Morgan fingerprint density at radius 1 is 1.24 bits per heavy atom. The lowest BCUT2D eigenvalue weighted by molar-refractivity contribution is -0.137. The maximum absolute atomic E-state index is 13.5. The molecule has 33 heavy (non-hydrogen) atoms. The maximum atomic E-state index is 13.5. The number of nitrogens with one attached hydrogen (secondary N) is 1. The van der Waals surface area contributed by atoms with Gasteiger partial charge in [-0.2, -0.15) is 4.98 Å². The van der Waals surface area contributed by atoms with Gasteiger partial charge in [-0.05, 0) is 61.2 Å². The highest BCUT2D eigenvalue weighted by atomic mass is 35.5. The van der Waals surface area contributed by atoms with Crippen LogP contribution in [-0.2, 0) is 9.53 Å². The number of ether oxygens (including phenoxy) is 1. The largest absolute Gasteiger partial charge is 0.463 e. The van der Waals surface area contributed by atoms with Crippen LogP contribution in [0.3, 0.4) is 0 Å². The molecule has 0 radical (unpaired) electrons. The van der Waals surface area contributed by atoms with Gasteiger partial charge in [-0.15, -0.1) is 0 Å². The molecule has 1 saturated heterocycles. The second kappa shape index (κ2) is 10.4. The molecule has 1 aliphatic heterocycles. The Morgan fingerprint density at radius 2 is 2.06 bits per heavy atom. The molecule has 0 aliphatic carbocycles. The first-order valence-corrected chi connectivity index (χ1v) is 11.2. The molecule has 6 nitrogen and oxygen atoms in total. The molecule has 3 aromatic rings. The van der Waals surface area contributed by atoms with Gasteiger partial charge in [-0.3, -0.25) is 0 Å². The SMILES string of the molecule is CCOC(=O)/C=C/c1cccc(-c2cnc(Nc3ccc(F)c(Cl)c3)nc2N2CCCC2)c1. The molecule has 170 valence electrons. The van der Waals surface area contributed by atoms with Gasteiger partial charge in [0.05, 0.1) is 11.6 Å². The topological polar surface area (TPSA) is 67.3 Å². The third kappa shape index (κ3) is 5.68. The average molecular weight is 467 g/mol. The van der Waals surface area contributed by atoms with Crippen molar-refractivity contribution in [3.05, 3.63) is 71.1 Å². The van der Waals surface area contributed by atoms with Gasteiger partial charge in [0.2, 0.25) is 5.95 Å². The molecule has 8 heteroatoms. The lowest BCUT2D eigenvalue weighted by atomic mass is 10.0. The van der Waals surface area contributed by atoms with Crippen molar-refractivity contribution in [1.82, 2.24) is 9.97 Å². The highest BCUT2D eigenvalue weighted by Gasteiger charge is 2.20. The van der Waals surface area contributed by atoms with Gasteiger partial charge < -0.3 is 15.0 Å². The molecule has 1 fully saturated rings. The summed E-state index contributed by atoms with van der Waals surface area (Å²) in [4.78, 5) is 23.2. The number of carbonyl (C=O) groups excluding carboxylic acids is 1. The van der Waals surface area contributed by atoms with E-state index in [4.69, 9.17) is 21.3 Å². The Hall–Kier alpha value is -3.45. The molecular weight excluding hydrogens is 443 g/mol. The van der Waals surface area contributed by atoms with E-state index >= 15 is 0 Å². The number of carbonyl (C=O) groups is 1. The summed E-state index contributed by atoms with van der Waals surface area (Å²) in [5.41, 5.74) is 3.31. The number of hydrogen-bond acceptors (Lipinski definition) is 6. The molecule has 1 aliphatic rings. The van der Waals surface area contributed by atoms with Gasteiger partial charge in [0.1, 0.15) is 11.6 Å². The van der Waals surface area contributed by atoms with E-state index in [9.17, 15) is 9.18 Å². The van der Waals surface area contributed by atoms with E-state index in [1.165, 1.54) is 18.2 Å². The molecule has 0 unspecified atom stereocenters. The van der Waals surface area contributed by atoms with E-state index in [-0.39, 0.29) is 11.0 Å². The van der Waals surface area contributed by atoms with Crippen LogP contribution in [0.15, 0.2) is 54.7 Å². The molecule has 0 saturated carbocycles. The molecule has 2 aromatic carbocycles. The zero-order valence-electron chi connectivity index (χ0n) is 18.2. The fourth-order valence-electron chi connectivity index (χ4n) is 3.67. The van der Waals surface area contributed by atoms with Crippen molar-refractivity contribution in [2.75, 3.05) is 29.9 Å². The summed E-state index contributed by atoms with van der Waals surface area (Å²) in [5, 5.41) is 3.14. The Bertz CT molecular complexity index is 1180. The average Bonchev–Trinajstić information content (AvgIpc) is 3.35. The lowest BCUT2D eigenvalue weighted by Crippen LogP contribution is -2.20. The Labute approximate surface area is 197 Å². The summed E-state index contributed by atoms with van der Waals surface area (Å²) in [6.07, 6.45) is 7.12. The van der Waals surface area contributed by atoms with Gasteiger partial charge in [0.15, 0.2) is 0 Å². The van der Waals surface area contributed by atoms with Crippen LogP contribution in [0, 0.1) is 5.82 Å². The summed E-state index contributed by atoms with van der Waals surface area (Å²) in [6.45, 7) is 3.93. The van der Waals surface area contributed by atoms with Crippen LogP contribution in [0.1, 0.15) is 25.3 Å². The number of hydrogen-bond donors (Lipinski definition) is 1. The van der Waals surface area contributed by atoms with Crippen molar-refractivity contribution in [1.29, 1.82) is 0 Å². The molecule has 0 bridgehead atoms. The quantitative estimate of drug-likeness (QED) is 0.347. The van der Waals surface area contributed by atoms with Crippen LogP contribution >= 0.6 is 11.6 Å². The Kier molecular flexibility index (Phi) is 7.19. The summed E-state index contributed by atoms with van der Waals surface area (Å²) < 4.78 is 18.4. The smallest absolute Gasteiger partial charge is 0.330 e. The van der Waals surface area contributed by atoms with Gasteiger partial charge in [-0.25, -0.2) is 14.2 Å². The normalized spacial score (nSPS) is 13.5. The minimum absolute atomic E-state index is 0.0316. The van der Waals surface area contributed by atoms with E-state index in [1.807, 2.05) is 24.3 Å². The summed E-state index contributed by atoms with van der Waals surface area (Å²) in [7, 11) is 0. The molecule has 1 aromatic heterocycles. The molecule has 0 spiro atoms. The third-order valence-electron chi connectivity index (χ3n) is 5.25. The standard InChI is InChI=1S/C25H24ClFN4O2/c1-2-33-23(32)11-8-17-6-5-7-18(14-17)20-16-28-25(30-24(20)31-12-3-4-13-31)29-19-9-10-22(27)21(26)15-19/h5-11,14-16H,2-4,12-13H2,1H3,(H,28,29,30)/b11-8+. The van der Waals surface area contributed by atoms with Gasteiger partial charge in [0, 0.05) is 36.6 Å². The highest BCUT2D eigenvalue weighted by molar-refractivity contribution is 6.31. The first kappa shape index (κ1) is 22.7. The van der Waals surface area contributed by atoms with Gasteiger partial charge >= 0.3 is 5.97 Å². The van der Waals surface area contributed by atoms with Gasteiger partial charge in [0.25, 0.3) is 0 Å². The number of aromatic nitrogens is 2. The monoisotopic (exact) mass is 466 g/mol. The predicted octanol–water partition coefficient (Wildman–Crippen LogP) is 5.86.